The van der Waals surface area contributed by atoms with Crippen molar-refractivity contribution in [2.75, 3.05) is 0 Å². The van der Waals surface area contributed by atoms with Gasteiger partial charge < -0.3 is 24.0 Å². The predicted molar refractivity (Wildman–Crippen MR) is 23.3 cm³/mol. The summed E-state index contributed by atoms with van der Waals surface area (Å²) in [5, 5.41) is 0. The third kappa shape index (κ3) is 47.9. The fourth-order valence-corrected chi connectivity index (χ4v) is 0. The van der Waals surface area contributed by atoms with Gasteiger partial charge in [0, 0.05) is 8.80 Å². The molecule has 0 saturated carbocycles. The van der Waals surface area contributed by atoms with Gasteiger partial charge in [-0.2, -0.15) is 0 Å². The molecule has 0 aliphatic heterocycles. The lowest BCUT2D eigenvalue weighted by molar-refractivity contribution is -0.00000112. The molecule has 0 amide bonds. The van der Waals surface area contributed by atoms with Gasteiger partial charge >= 0.3 is 0 Å². The molecule has 0 bridgehead atoms. The van der Waals surface area contributed by atoms with Gasteiger partial charge in [-0.15, -0.1) is 0 Å². The number of hydrogen-bond donors (Lipinski definition) is 0. The van der Waals surface area contributed by atoms with E-state index in [1.54, 1.807) is 0 Å². The molecular weight excluding hydrogens is 191 g/mol. The minimum absolute atomic E-state index is 0. The van der Waals surface area contributed by atoms with Gasteiger partial charge in [0.2, 0.25) is 0 Å². The lowest BCUT2D eigenvalue weighted by Crippen LogP contribution is -3.00. The molecule has 0 fully saturated rings. The molecule has 0 rings (SSSR count). The first-order valence-electron chi connectivity index (χ1n) is 1.50. The van der Waals surface area contributed by atoms with Crippen molar-refractivity contribution in [1.82, 2.24) is 0 Å². The molecule has 0 N–H and O–H groups in total. The second-order valence-electron chi connectivity index (χ2n) is 1.50. The van der Waals surface area contributed by atoms with E-state index in [2.05, 4.69) is 19.6 Å². The molecule has 0 aromatic heterocycles. The van der Waals surface area contributed by atoms with Crippen molar-refractivity contribution >= 4 is 8.80 Å². The van der Waals surface area contributed by atoms with Crippen LogP contribution in [-0.2, 0) is 0 Å². The summed E-state index contributed by atoms with van der Waals surface area (Å²) < 4.78 is 0. The predicted octanol–water partition coefficient (Wildman–Crippen LogP) is -1.63. The molecule has 33 valence electrons. The zero-order chi connectivity index (χ0) is 3.58. The maximum Gasteiger partial charge on any atom is 0.0379 e. The zero-order valence-electron chi connectivity index (χ0n) is 3.88. The van der Waals surface area contributed by atoms with E-state index in [4.69, 9.17) is 0 Å². The van der Waals surface area contributed by atoms with E-state index in [9.17, 15) is 0 Å². The van der Waals surface area contributed by atoms with E-state index in [-0.39, 0.29) is 32.8 Å². The second-order valence-corrected chi connectivity index (χ2v) is 4.50. The maximum absolute atomic E-state index is 2.27. The molecule has 0 nitrogen and oxygen atoms in total. The Bertz CT molecular complexity index is 11.6. The van der Waals surface area contributed by atoms with E-state index in [0.717, 1.165) is 0 Å². The molecule has 0 aliphatic carbocycles. The van der Waals surface area contributed by atoms with Crippen molar-refractivity contribution in [3.8, 4) is 0 Å². The molecule has 0 spiro atoms. The van der Waals surface area contributed by atoms with E-state index in [1.807, 2.05) is 0 Å². The van der Waals surface area contributed by atoms with Crippen molar-refractivity contribution in [3.05, 3.63) is 0 Å². The van der Waals surface area contributed by atoms with Crippen LogP contribution in [0.15, 0.2) is 0 Å². The average Bonchev–Trinajstić information content (AvgIpc) is 0.811. The molecule has 1 radical (unpaired) electrons. The third-order valence-electron chi connectivity index (χ3n) is 0. The lowest BCUT2D eigenvalue weighted by atomic mass is 11.8. The van der Waals surface area contributed by atoms with Crippen LogP contribution in [-0.4, -0.2) is 8.80 Å². The van der Waals surface area contributed by atoms with E-state index >= 15 is 0 Å². The molecular formula is C3H9ISi-. The fourth-order valence-electron chi connectivity index (χ4n) is 0. The Morgan fingerprint density at radius 1 is 1.00 bits per heavy atom. The number of rotatable bonds is 0. The molecule has 0 saturated heterocycles. The highest BCUT2D eigenvalue weighted by atomic mass is 127. The molecule has 0 aliphatic rings. The summed E-state index contributed by atoms with van der Waals surface area (Å²) in [7, 11) is 0.120. The Morgan fingerprint density at radius 2 is 1.00 bits per heavy atom. The monoisotopic (exact) mass is 200 g/mol. The Hall–Kier alpha value is 0.947. The second kappa shape index (κ2) is 4.95. The average molecular weight is 200 g/mol. The van der Waals surface area contributed by atoms with Gasteiger partial charge in [-0.3, -0.25) is 0 Å². The zero-order valence-corrected chi connectivity index (χ0v) is 7.04. The van der Waals surface area contributed by atoms with Crippen LogP contribution in [0, 0.1) is 0 Å². The standard InChI is InChI=1S/C3H9Si.HI/c1-4(2)3;/h1-3H3;1H/p-1. The molecule has 2 heteroatoms. The van der Waals surface area contributed by atoms with Crippen LogP contribution < -0.4 is 24.0 Å². The Labute approximate surface area is 52.6 Å². The van der Waals surface area contributed by atoms with Crippen molar-refractivity contribution in [2.24, 2.45) is 0 Å². The highest BCUT2D eigenvalue weighted by molar-refractivity contribution is 6.54. The largest absolute Gasteiger partial charge is 1.00 e. The Kier molecular flexibility index (Phi) is 9.24. The van der Waals surface area contributed by atoms with Crippen LogP contribution in [0.3, 0.4) is 0 Å². The highest BCUT2D eigenvalue weighted by Gasteiger charge is 1.72. The van der Waals surface area contributed by atoms with Crippen LogP contribution in [0.2, 0.25) is 19.6 Å². The van der Waals surface area contributed by atoms with Crippen molar-refractivity contribution in [3.63, 3.8) is 0 Å². The third-order valence-corrected chi connectivity index (χ3v) is 0. The maximum atomic E-state index is 2.27. The first-order chi connectivity index (χ1) is 1.73. The van der Waals surface area contributed by atoms with Crippen LogP contribution in [0.4, 0.5) is 0 Å². The van der Waals surface area contributed by atoms with Gasteiger partial charge in [-0.05, 0) is 0 Å². The molecule has 0 aromatic rings. The van der Waals surface area contributed by atoms with Crippen LogP contribution in [0.25, 0.3) is 0 Å². The Morgan fingerprint density at radius 3 is 1.00 bits per heavy atom. The van der Waals surface area contributed by atoms with Gasteiger partial charge in [0.1, 0.15) is 0 Å². The minimum Gasteiger partial charge on any atom is -1.00 e. The van der Waals surface area contributed by atoms with Crippen LogP contribution in [0.5, 0.6) is 0 Å². The van der Waals surface area contributed by atoms with Gasteiger partial charge in [0.05, 0.1) is 0 Å². The summed E-state index contributed by atoms with van der Waals surface area (Å²) in [5.74, 6) is 0. The normalized spacial score (nSPS) is 7.20. The van der Waals surface area contributed by atoms with Crippen molar-refractivity contribution in [2.45, 2.75) is 19.6 Å². The minimum atomic E-state index is 0. The van der Waals surface area contributed by atoms with Crippen LogP contribution in [0.1, 0.15) is 0 Å². The topological polar surface area (TPSA) is 0 Å². The van der Waals surface area contributed by atoms with Crippen molar-refractivity contribution in [1.29, 1.82) is 0 Å². The summed E-state index contributed by atoms with van der Waals surface area (Å²) in [4.78, 5) is 0. The first kappa shape index (κ1) is 9.34. The van der Waals surface area contributed by atoms with Crippen LogP contribution >= 0.6 is 0 Å². The van der Waals surface area contributed by atoms with E-state index in [0.29, 0.717) is 0 Å². The summed E-state index contributed by atoms with van der Waals surface area (Å²) in [6.45, 7) is 6.81. The molecule has 0 heterocycles. The number of halogens is 1. The highest BCUT2D eigenvalue weighted by Crippen LogP contribution is 1.68. The molecule has 0 aromatic carbocycles. The smallest absolute Gasteiger partial charge is 0.0379 e. The van der Waals surface area contributed by atoms with Gasteiger partial charge in [-0.1, -0.05) is 19.6 Å². The van der Waals surface area contributed by atoms with Gasteiger partial charge in [-0.25, -0.2) is 0 Å². The summed E-state index contributed by atoms with van der Waals surface area (Å²) in [6, 6.07) is 0. The molecule has 0 atom stereocenters. The quantitative estimate of drug-likeness (QED) is 0.325. The SMILES string of the molecule is C[Si](C)C.[I-]. The fraction of sp³-hybridized carbons (Fsp3) is 1.00. The lowest BCUT2D eigenvalue weighted by Gasteiger charge is -1.75. The molecule has 5 heavy (non-hydrogen) atoms. The van der Waals surface area contributed by atoms with Gasteiger partial charge in [0.15, 0.2) is 0 Å². The summed E-state index contributed by atoms with van der Waals surface area (Å²) in [5.41, 5.74) is 0. The Balaban J connectivity index is 0. The molecule has 0 unspecified atom stereocenters. The van der Waals surface area contributed by atoms with E-state index < -0.39 is 0 Å². The summed E-state index contributed by atoms with van der Waals surface area (Å²) >= 11 is 0. The number of hydrogen-bond acceptors (Lipinski definition) is 0. The van der Waals surface area contributed by atoms with Crippen molar-refractivity contribution < 1.29 is 24.0 Å². The van der Waals surface area contributed by atoms with E-state index in [1.165, 1.54) is 0 Å². The summed E-state index contributed by atoms with van der Waals surface area (Å²) in [6.07, 6.45) is 0. The van der Waals surface area contributed by atoms with Gasteiger partial charge in [0.25, 0.3) is 0 Å². The first-order valence-corrected chi connectivity index (χ1v) is 4.50.